The van der Waals surface area contributed by atoms with E-state index in [0.29, 0.717) is 18.4 Å². The van der Waals surface area contributed by atoms with E-state index in [1.807, 2.05) is 29.2 Å². The van der Waals surface area contributed by atoms with Crippen LogP contribution in [0.1, 0.15) is 25.8 Å². The third-order valence-electron chi connectivity index (χ3n) is 3.95. The van der Waals surface area contributed by atoms with E-state index >= 15 is 0 Å². The molecule has 116 valence electrons. The molecule has 0 saturated carbocycles. The van der Waals surface area contributed by atoms with Gasteiger partial charge in [-0.1, -0.05) is 32.0 Å². The molecule has 21 heavy (non-hydrogen) atoms. The number of hydrogen-bond acceptors (Lipinski definition) is 3. The van der Waals surface area contributed by atoms with E-state index in [1.165, 1.54) is 0 Å². The Labute approximate surface area is 127 Å². The average molecular weight is 290 g/mol. The fourth-order valence-electron chi connectivity index (χ4n) is 2.96. The predicted octanol–water partition coefficient (Wildman–Crippen LogP) is 2.08. The molecule has 2 rings (SSSR count). The van der Waals surface area contributed by atoms with Gasteiger partial charge in [-0.25, -0.2) is 0 Å². The number of piperazine rings is 1. The molecule has 4 nitrogen and oxygen atoms in total. The van der Waals surface area contributed by atoms with E-state index in [1.54, 1.807) is 7.11 Å². The van der Waals surface area contributed by atoms with Crippen molar-refractivity contribution in [2.75, 3.05) is 26.7 Å². The summed E-state index contributed by atoms with van der Waals surface area (Å²) in [6, 6.07) is 8.07. The van der Waals surface area contributed by atoms with Gasteiger partial charge >= 0.3 is 0 Å². The van der Waals surface area contributed by atoms with Gasteiger partial charge in [0.25, 0.3) is 0 Å². The summed E-state index contributed by atoms with van der Waals surface area (Å²) >= 11 is 0. The zero-order chi connectivity index (χ0) is 15.2. The topological polar surface area (TPSA) is 41.6 Å². The molecule has 1 saturated heterocycles. The Morgan fingerprint density at radius 2 is 2.19 bits per heavy atom. The Balaban J connectivity index is 2.06. The molecule has 1 aliphatic rings. The second kappa shape index (κ2) is 7.46. The van der Waals surface area contributed by atoms with Crippen molar-refractivity contribution in [1.29, 1.82) is 0 Å². The summed E-state index contributed by atoms with van der Waals surface area (Å²) in [6.07, 6.45) is 1.46. The van der Waals surface area contributed by atoms with Gasteiger partial charge in [0.05, 0.1) is 13.5 Å². The van der Waals surface area contributed by atoms with Gasteiger partial charge in [0.15, 0.2) is 0 Å². The molecule has 0 bridgehead atoms. The van der Waals surface area contributed by atoms with E-state index in [0.717, 1.165) is 37.4 Å². The first-order valence-electron chi connectivity index (χ1n) is 7.74. The van der Waals surface area contributed by atoms with Crippen molar-refractivity contribution in [3.63, 3.8) is 0 Å². The number of methoxy groups -OCH3 is 1. The number of carbonyl (C=O) groups is 1. The first-order chi connectivity index (χ1) is 10.1. The van der Waals surface area contributed by atoms with Crippen LogP contribution in [0.2, 0.25) is 0 Å². The first kappa shape index (κ1) is 15.8. The van der Waals surface area contributed by atoms with Crippen LogP contribution in [0.25, 0.3) is 0 Å². The number of rotatable bonds is 5. The largest absolute Gasteiger partial charge is 0.496 e. The van der Waals surface area contributed by atoms with Gasteiger partial charge in [-0.15, -0.1) is 0 Å². The monoisotopic (exact) mass is 290 g/mol. The van der Waals surface area contributed by atoms with Crippen molar-refractivity contribution in [2.45, 2.75) is 32.7 Å². The summed E-state index contributed by atoms with van der Waals surface area (Å²) in [4.78, 5) is 14.7. The number of para-hydroxylation sites is 1. The summed E-state index contributed by atoms with van der Waals surface area (Å²) in [6.45, 7) is 6.99. The molecule has 1 heterocycles. The quantitative estimate of drug-likeness (QED) is 0.903. The van der Waals surface area contributed by atoms with Gasteiger partial charge < -0.3 is 15.0 Å². The predicted molar refractivity (Wildman–Crippen MR) is 84.5 cm³/mol. The maximum absolute atomic E-state index is 12.7. The molecule has 1 aromatic carbocycles. The molecule has 1 unspecified atom stereocenters. The molecular formula is C17H26N2O2. The van der Waals surface area contributed by atoms with Crippen LogP contribution in [-0.2, 0) is 11.2 Å². The molecule has 1 aromatic rings. The molecule has 1 N–H and O–H groups in total. The van der Waals surface area contributed by atoms with Gasteiger partial charge in [0.2, 0.25) is 5.91 Å². The zero-order valence-electron chi connectivity index (χ0n) is 13.3. The van der Waals surface area contributed by atoms with Crippen LogP contribution in [0, 0.1) is 5.92 Å². The highest BCUT2D eigenvalue weighted by molar-refractivity contribution is 5.80. The Morgan fingerprint density at radius 3 is 2.90 bits per heavy atom. The van der Waals surface area contributed by atoms with E-state index in [2.05, 4.69) is 19.2 Å². The third kappa shape index (κ3) is 4.21. The van der Waals surface area contributed by atoms with Crippen molar-refractivity contribution >= 4 is 5.91 Å². The molecular weight excluding hydrogens is 264 g/mol. The third-order valence-corrected chi connectivity index (χ3v) is 3.95. The molecule has 1 fully saturated rings. The number of hydrogen-bond donors (Lipinski definition) is 1. The molecule has 0 radical (unpaired) electrons. The summed E-state index contributed by atoms with van der Waals surface area (Å²) in [5.74, 6) is 1.59. The summed E-state index contributed by atoms with van der Waals surface area (Å²) in [7, 11) is 1.65. The normalized spacial score (nSPS) is 18.9. The van der Waals surface area contributed by atoms with E-state index in [9.17, 15) is 4.79 Å². The standard InChI is InChI=1S/C17H26N2O2/c1-13(2)10-15-12-18-8-9-19(15)17(20)11-14-6-4-5-7-16(14)21-3/h4-7,13,15,18H,8-12H2,1-3H3. The number of nitrogens with one attached hydrogen (secondary N) is 1. The Morgan fingerprint density at radius 1 is 1.43 bits per heavy atom. The summed E-state index contributed by atoms with van der Waals surface area (Å²) in [5.41, 5.74) is 0.965. The average Bonchev–Trinajstić information content (AvgIpc) is 2.47. The highest BCUT2D eigenvalue weighted by Crippen LogP contribution is 2.20. The lowest BCUT2D eigenvalue weighted by atomic mass is 9.99. The Hall–Kier alpha value is -1.55. The zero-order valence-corrected chi connectivity index (χ0v) is 13.3. The minimum absolute atomic E-state index is 0.201. The van der Waals surface area contributed by atoms with Crippen LogP contribution in [0.5, 0.6) is 5.75 Å². The summed E-state index contributed by atoms with van der Waals surface area (Å²) < 4.78 is 5.34. The van der Waals surface area contributed by atoms with Crippen LogP contribution in [0.3, 0.4) is 0 Å². The van der Waals surface area contributed by atoms with Gasteiger partial charge in [0.1, 0.15) is 5.75 Å². The minimum Gasteiger partial charge on any atom is -0.496 e. The molecule has 1 aliphatic heterocycles. The Bertz CT molecular complexity index is 474. The second-order valence-electron chi connectivity index (χ2n) is 6.06. The lowest BCUT2D eigenvalue weighted by Gasteiger charge is -2.37. The SMILES string of the molecule is COc1ccccc1CC(=O)N1CCNCC1CC(C)C. The van der Waals surface area contributed by atoms with Gasteiger partial charge in [0, 0.05) is 31.2 Å². The molecule has 0 aliphatic carbocycles. The lowest BCUT2D eigenvalue weighted by molar-refractivity contribution is -0.134. The molecule has 0 spiro atoms. The van der Waals surface area contributed by atoms with Crippen molar-refractivity contribution in [3.05, 3.63) is 29.8 Å². The van der Waals surface area contributed by atoms with Crippen molar-refractivity contribution in [3.8, 4) is 5.75 Å². The van der Waals surface area contributed by atoms with Crippen LogP contribution < -0.4 is 10.1 Å². The molecule has 0 aromatic heterocycles. The lowest BCUT2D eigenvalue weighted by Crippen LogP contribution is -2.54. The first-order valence-corrected chi connectivity index (χ1v) is 7.74. The maximum atomic E-state index is 12.7. The van der Waals surface area contributed by atoms with Gasteiger partial charge in [-0.2, -0.15) is 0 Å². The van der Waals surface area contributed by atoms with Crippen LogP contribution in [0.15, 0.2) is 24.3 Å². The van der Waals surface area contributed by atoms with E-state index < -0.39 is 0 Å². The second-order valence-corrected chi connectivity index (χ2v) is 6.06. The highest BCUT2D eigenvalue weighted by Gasteiger charge is 2.27. The molecule has 1 amide bonds. The highest BCUT2D eigenvalue weighted by atomic mass is 16.5. The van der Waals surface area contributed by atoms with Crippen molar-refractivity contribution in [2.24, 2.45) is 5.92 Å². The number of nitrogens with zero attached hydrogens (tertiary/aromatic N) is 1. The van der Waals surface area contributed by atoms with Crippen molar-refractivity contribution < 1.29 is 9.53 Å². The van der Waals surface area contributed by atoms with Gasteiger partial charge in [-0.3, -0.25) is 4.79 Å². The van der Waals surface area contributed by atoms with Gasteiger partial charge in [-0.05, 0) is 18.4 Å². The number of carbonyl (C=O) groups excluding carboxylic acids is 1. The fraction of sp³-hybridized carbons (Fsp3) is 0.588. The van der Waals surface area contributed by atoms with Crippen LogP contribution in [0.4, 0.5) is 0 Å². The number of benzene rings is 1. The van der Waals surface area contributed by atoms with E-state index in [-0.39, 0.29) is 5.91 Å². The van der Waals surface area contributed by atoms with Crippen LogP contribution >= 0.6 is 0 Å². The van der Waals surface area contributed by atoms with E-state index in [4.69, 9.17) is 4.74 Å². The molecule has 4 heteroatoms. The summed E-state index contributed by atoms with van der Waals surface area (Å²) in [5, 5.41) is 3.39. The smallest absolute Gasteiger partial charge is 0.227 e. The van der Waals surface area contributed by atoms with Crippen molar-refractivity contribution in [1.82, 2.24) is 10.2 Å². The Kier molecular flexibility index (Phi) is 5.62. The number of ether oxygens (including phenoxy) is 1. The fourth-order valence-corrected chi connectivity index (χ4v) is 2.96. The molecule has 1 atom stereocenters. The number of amides is 1. The maximum Gasteiger partial charge on any atom is 0.227 e. The van der Waals surface area contributed by atoms with Crippen LogP contribution in [-0.4, -0.2) is 43.6 Å². The minimum atomic E-state index is 0.201.